The third-order valence-electron chi connectivity index (χ3n) is 2.00. The summed E-state index contributed by atoms with van der Waals surface area (Å²) in [7, 11) is 1.33. The Morgan fingerprint density at radius 2 is 2.27 bits per heavy atom. The first-order valence-corrected chi connectivity index (χ1v) is 4.65. The third kappa shape index (κ3) is 3.11. The van der Waals surface area contributed by atoms with Gasteiger partial charge in [-0.2, -0.15) is 0 Å². The minimum absolute atomic E-state index is 0.0491. The summed E-state index contributed by atoms with van der Waals surface area (Å²) < 4.78 is 4.78. The summed E-state index contributed by atoms with van der Waals surface area (Å²) >= 11 is 5.83. The Morgan fingerprint density at radius 3 is 2.73 bits per heavy atom. The van der Waals surface area contributed by atoms with E-state index in [2.05, 4.69) is 0 Å². The summed E-state index contributed by atoms with van der Waals surface area (Å²) in [6.07, 6.45) is -0.752. The van der Waals surface area contributed by atoms with E-state index >= 15 is 0 Å². The van der Waals surface area contributed by atoms with Gasteiger partial charge in [0.2, 0.25) is 0 Å². The predicted molar refractivity (Wildman–Crippen MR) is 55.3 cm³/mol. The largest absolute Gasteiger partial charge is 0.508 e. The van der Waals surface area contributed by atoms with Gasteiger partial charge in [-0.25, -0.2) is 4.79 Å². The highest BCUT2D eigenvalue weighted by Crippen LogP contribution is 2.23. The van der Waals surface area contributed by atoms with E-state index in [0.29, 0.717) is 10.6 Å². The summed E-state index contributed by atoms with van der Waals surface area (Å²) in [6.45, 7) is 0. The van der Waals surface area contributed by atoms with E-state index in [1.165, 1.54) is 19.2 Å². The second-order valence-corrected chi connectivity index (χ2v) is 3.45. The maximum atomic E-state index is 10.7. The van der Waals surface area contributed by atoms with Gasteiger partial charge < -0.3 is 14.9 Å². The normalized spacial score (nSPS) is 12.4. The lowest BCUT2D eigenvalue weighted by atomic mass is 10.1. The summed E-state index contributed by atoms with van der Waals surface area (Å²) in [6, 6.07) is 4.40. The summed E-state index contributed by atoms with van der Waals surface area (Å²) in [5.74, 6) is -0.991. The Morgan fingerprint density at radius 1 is 1.60 bits per heavy atom. The zero-order valence-corrected chi connectivity index (χ0v) is 8.86. The van der Waals surface area contributed by atoms with Crippen molar-refractivity contribution in [2.45, 2.75) is 12.5 Å². The molecule has 0 heterocycles. The van der Waals surface area contributed by atoms with Gasteiger partial charge in [0.05, 0.1) is 0 Å². The van der Waals surface area contributed by atoms with Crippen molar-refractivity contribution in [1.29, 1.82) is 0 Å². The molecule has 0 bridgehead atoms. The van der Waals surface area contributed by atoms with Gasteiger partial charge in [0, 0.05) is 18.6 Å². The lowest BCUT2D eigenvalue weighted by molar-refractivity contribution is -0.148. The van der Waals surface area contributed by atoms with Crippen molar-refractivity contribution in [1.82, 2.24) is 0 Å². The molecule has 0 aliphatic rings. The quantitative estimate of drug-likeness (QED) is 0.826. The Labute approximate surface area is 92.1 Å². The molecule has 1 aromatic rings. The molecule has 0 aliphatic heterocycles. The number of aliphatic carboxylic acids is 1. The number of hydrogen-bond acceptors (Lipinski definition) is 3. The molecule has 1 unspecified atom stereocenters. The van der Waals surface area contributed by atoms with Gasteiger partial charge in [-0.15, -0.1) is 0 Å². The number of aromatic hydroxyl groups is 1. The number of methoxy groups -OCH3 is 1. The van der Waals surface area contributed by atoms with Crippen LogP contribution in [0, 0.1) is 0 Å². The molecule has 1 atom stereocenters. The highest BCUT2D eigenvalue weighted by atomic mass is 35.5. The lowest BCUT2D eigenvalue weighted by Gasteiger charge is -2.11. The van der Waals surface area contributed by atoms with E-state index in [9.17, 15) is 4.79 Å². The highest BCUT2D eigenvalue weighted by molar-refractivity contribution is 6.31. The van der Waals surface area contributed by atoms with Gasteiger partial charge in [0.25, 0.3) is 0 Å². The molecule has 2 N–H and O–H groups in total. The molecule has 0 radical (unpaired) electrons. The zero-order chi connectivity index (χ0) is 11.4. The SMILES string of the molecule is COC(Cc1ccc(O)cc1Cl)C(=O)O. The average molecular weight is 231 g/mol. The molecule has 15 heavy (non-hydrogen) atoms. The van der Waals surface area contributed by atoms with Gasteiger partial charge in [-0.05, 0) is 17.7 Å². The van der Waals surface area contributed by atoms with Crippen LogP contribution in [0.5, 0.6) is 5.75 Å². The molecule has 1 rings (SSSR count). The molecule has 0 aliphatic carbocycles. The van der Waals surface area contributed by atoms with Gasteiger partial charge in [0.15, 0.2) is 6.10 Å². The van der Waals surface area contributed by atoms with Gasteiger partial charge >= 0.3 is 5.97 Å². The third-order valence-corrected chi connectivity index (χ3v) is 2.35. The van der Waals surface area contributed by atoms with E-state index in [0.717, 1.165) is 0 Å². The molecule has 0 aromatic heterocycles. The number of carboxylic acids is 1. The molecule has 0 fully saturated rings. The topological polar surface area (TPSA) is 66.8 Å². The average Bonchev–Trinajstić information content (AvgIpc) is 2.16. The van der Waals surface area contributed by atoms with Crippen LogP contribution in [0.25, 0.3) is 0 Å². The van der Waals surface area contributed by atoms with E-state index in [4.69, 9.17) is 26.6 Å². The fourth-order valence-electron chi connectivity index (χ4n) is 1.17. The smallest absolute Gasteiger partial charge is 0.333 e. The van der Waals surface area contributed by atoms with Crippen molar-refractivity contribution < 1.29 is 19.7 Å². The summed E-state index contributed by atoms with van der Waals surface area (Å²) in [5, 5.41) is 18.2. The number of carbonyl (C=O) groups is 1. The van der Waals surface area contributed by atoms with Crippen molar-refractivity contribution in [3.05, 3.63) is 28.8 Å². The van der Waals surface area contributed by atoms with Crippen LogP contribution in [-0.4, -0.2) is 29.4 Å². The van der Waals surface area contributed by atoms with Crippen LogP contribution in [0.3, 0.4) is 0 Å². The van der Waals surface area contributed by atoms with Crippen molar-refractivity contribution in [3.8, 4) is 5.75 Å². The highest BCUT2D eigenvalue weighted by Gasteiger charge is 2.18. The predicted octanol–water partition coefficient (Wildman–Crippen LogP) is 1.69. The maximum absolute atomic E-state index is 10.7. The standard InChI is InChI=1S/C10H11ClO4/c1-15-9(10(13)14)4-6-2-3-7(12)5-8(6)11/h2-3,5,9,12H,4H2,1H3,(H,13,14). The number of halogens is 1. The van der Waals surface area contributed by atoms with Crippen LogP contribution in [-0.2, 0) is 16.0 Å². The van der Waals surface area contributed by atoms with E-state index in [-0.39, 0.29) is 12.2 Å². The van der Waals surface area contributed by atoms with E-state index in [1.807, 2.05) is 0 Å². The van der Waals surface area contributed by atoms with Gasteiger partial charge in [-0.3, -0.25) is 0 Å². The van der Waals surface area contributed by atoms with Crippen LogP contribution < -0.4 is 0 Å². The number of carboxylic acid groups (broad SMARTS) is 1. The fourth-order valence-corrected chi connectivity index (χ4v) is 1.42. The molecular formula is C10H11ClO4. The van der Waals surface area contributed by atoms with E-state index in [1.54, 1.807) is 6.07 Å². The van der Waals surface area contributed by atoms with Crippen molar-refractivity contribution >= 4 is 17.6 Å². The number of hydrogen-bond donors (Lipinski definition) is 2. The second kappa shape index (κ2) is 5.00. The summed E-state index contributed by atoms with van der Waals surface area (Å²) in [5.41, 5.74) is 0.628. The van der Waals surface area contributed by atoms with Gasteiger partial charge in [0.1, 0.15) is 5.75 Å². The molecular weight excluding hydrogens is 220 g/mol. The van der Waals surface area contributed by atoms with Crippen LogP contribution in [0.2, 0.25) is 5.02 Å². The van der Waals surface area contributed by atoms with Gasteiger partial charge in [-0.1, -0.05) is 17.7 Å². The monoisotopic (exact) mass is 230 g/mol. The number of benzene rings is 1. The van der Waals surface area contributed by atoms with Crippen LogP contribution in [0.15, 0.2) is 18.2 Å². The van der Waals surface area contributed by atoms with Crippen LogP contribution >= 0.6 is 11.6 Å². The van der Waals surface area contributed by atoms with Crippen molar-refractivity contribution in [2.75, 3.05) is 7.11 Å². The summed E-state index contributed by atoms with van der Waals surface area (Å²) in [4.78, 5) is 10.7. The van der Waals surface area contributed by atoms with Crippen molar-refractivity contribution in [2.24, 2.45) is 0 Å². The van der Waals surface area contributed by atoms with E-state index < -0.39 is 12.1 Å². The number of phenols is 1. The van der Waals surface area contributed by atoms with Crippen LogP contribution in [0.1, 0.15) is 5.56 Å². The Kier molecular flexibility index (Phi) is 3.94. The fraction of sp³-hybridized carbons (Fsp3) is 0.300. The zero-order valence-electron chi connectivity index (χ0n) is 8.11. The first-order chi connectivity index (χ1) is 7.04. The molecule has 0 amide bonds. The molecule has 0 saturated carbocycles. The second-order valence-electron chi connectivity index (χ2n) is 3.04. The molecule has 0 saturated heterocycles. The Balaban J connectivity index is 2.84. The Bertz CT molecular complexity index is 364. The Hall–Kier alpha value is -1.26. The minimum atomic E-state index is -1.04. The maximum Gasteiger partial charge on any atom is 0.333 e. The molecule has 1 aromatic carbocycles. The van der Waals surface area contributed by atoms with Crippen molar-refractivity contribution in [3.63, 3.8) is 0 Å². The first kappa shape index (κ1) is 11.8. The van der Waals surface area contributed by atoms with Crippen LogP contribution in [0.4, 0.5) is 0 Å². The molecule has 4 nitrogen and oxygen atoms in total. The lowest BCUT2D eigenvalue weighted by Crippen LogP contribution is -2.24. The number of rotatable bonds is 4. The number of ether oxygens (including phenoxy) is 1. The molecule has 82 valence electrons. The number of phenolic OH excluding ortho intramolecular Hbond substituents is 1. The molecule has 0 spiro atoms. The molecule has 5 heteroatoms. The first-order valence-electron chi connectivity index (χ1n) is 4.27. The minimum Gasteiger partial charge on any atom is -0.508 e.